The van der Waals surface area contributed by atoms with Gasteiger partial charge in [0.2, 0.25) is 0 Å². The van der Waals surface area contributed by atoms with Gasteiger partial charge >= 0.3 is 0 Å². The molecule has 3 heterocycles. The first-order valence-corrected chi connectivity index (χ1v) is 10.5. The molecule has 8 heteroatoms. The SMILES string of the molecule is O=C1Nc2ccccc2/C1=C1\OC(c2ccccc2)c2c1cnc(NCC(O)CO)c2Cl. The van der Waals surface area contributed by atoms with E-state index in [2.05, 4.69) is 15.6 Å². The molecule has 0 saturated carbocycles. The number of anilines is 2. The second kappa shape index (κ2) is 8.27. The van der Waals surface area contributed by atoms with Gasteiger partial charge in [0.25, 0.3) is 5.91 Å². The van der Waals surface area contributed by atoms with Crippen molar-refractivity contribution in [3.63, 3.8) is 0 Å². The van der Waals surface area contributed by atoms with E-state index in [1.54, 1.807) is 6.20 Å². The number of ether oxygens (including phenoxy) is 1. The second-order valence-electron chi connectivity index (χ2n) is 7.58. The number of halogens is 1. The molecule has 162 valence electrons. The maximum Gasteiger partial charge on any atom is 0.260 e. The summed E-state index contributed by atoms with van der Waals surface area (Å²) in [6, 6.07) is 17.0. The van der Waals surface area contributed by atoms with E-state index in [1.807, 2.05) is 54.6 Å². The van der Waals surface area contributed by atoms with Crippen molar-refractivity contribution >= 4 is 40.3 Å². The minimum atomic E-state index is -0.946. The van der Waals surface area contributed by atoms with Gasteiger partial charge in [-0.15, -0.1) is 0 Å². The number of amides is 1. The van der Waals surface area contributed by atoms with E-state index in [9.17, 15) is 9.90 Å². The van der Waals surface area contributed by atoms with Crippen LogP contribution in [0.5, 0.6) is 0 Å². The lowest BCUT2D eigenvalue weighted by Crippen LogP contribution is -2.23. The van der Waals surface area contributed by atoms with Crippen LogP contribution in [0.2, 0.25) is 5.02 Å². The fourth-order valence-electron chi connectivity index (χ4n) is 3.98. The lowest BCUT2D eigenvalue weighted by atomic mass is 9.97. The number of carbonyl (C=O) groups is 1. The quantitative estimate of drug-likeness (QED) is 0.445. The van der Waals surface area contributed by atoms with Crippen molar-refractivity contribution < 1.29 is 19.7 Å². The summed E-state index contributed by atoms with van der Waals surface area (Å²) < 4.78 is 6.39. The molecular formula is C24H20ClN3O4. The number of para-hydroxylation sites is 1. The molecule has 0 fully saturated rings. The summed E-state index contributed by atoms with van der Waals surface area (Å²) in [5.74, 6) is 0.544. The van der Waals surface area contributed by atoms with Crippen LogP contribution >= 0.6 is 11.6 Å². The van der Waals surface area contributed by atoms with Crippen LogP contribution in [-0.2, 0) is 9.53 Å². The number of hydrogen-bond donors (Lipinski definition) is 4. The summed E-state index contributed by atoms with van der Waals surface area (Å²) in [7, 11) is 0. The fourth-order valence-corrected chi connectivity index (χ4v) is 4.30. The van der Waals surface area contributed by atoms with Gasteiger partial charge in [0, 0.05) is 35.1 Å². The highest BCUT2D eigenvalue weighted by Crippen LogP contribution is 2.50. The highest BCUT2D eigenvalue weighted by molar-refractivity contribution is 6.37. The van der Waals surface area contributed by atoms with Crippen molar-refractivity contribution in [1.29, 1.82) is 0 Å². The van der Waals surface area contributed by atoms with Crippen molar-refractivity contribution in [1.82, 2.24) is 4.98 Å². The molecule has 4 N–H and O–H groups in total. The van der Waals surface area contributed by atoms with Crippen molar-refractivity contribution in [3.05, 3.63) is 88.1 Å². The normalized spacial score (nSPS) is 19.7. The molecule has 2 unspecified atom stereocenters. The van der Waals surface area contributed by atoms with Crippen LogP contribution < -0.4 is 10.6 Å². The first-order chi connectivity index (χ1) is 15.6. The third-order valence-electron chi connectivity index (χ3n) is 5.52. The number of aliphatic hydroxyl groups is 2. The Labute approximate surface area is 189 Å². The van der Waals surface area contributed by atoms with Crippen molar-refractivity contribution in [2.45, 2.75) is 12.2 Å². The van der Waals surface area contributed by atoms with Gasteiger partial charge < -0.3 is 25.6 Å². The molecule has 7 nitrogen and oxygen atoms in total. The zero-order valence-electron chi connectivity index (χ0n) is 16.9. The van der Waals surface area contributed by atoms with E-state index in [0.717, 1.165) is 16.8 Å². The van der Waals surface area contributed by atoms with E-state index in [0.29, 0.717) is 33.3 Å². The highest BCUT2D eigenvalue weighted by Gasteiger charge is 2.39. The first kappa shape index (κ1) is 20.5. The number of fused-ring (bicyclic) bond motifs is 2. The third kappa shape index (κ3) is 3.40. The molecule has 2 aliphatic rings. The van der Waals surface area contributed by atoms with Crippen LogP contribution in [0.4, 0.5) is 11.5 Å². The van der Waals surface area contributed by atoms with E-state index >= 15 is 0 Å². The summed E-state index contributed by atoms with van der Waals surface area (Å²) in [6.07, 6.45) is 0.140. The van der Waals surface area contributed by atoms with Gasteiger partial charge in [-0.2, -0.15) is 0 Å². The van der Waals surface area contributed by atoms with E-state index in [4.69, 9.17) is 21.4 Å². The van der Waals surface area contributed by atoms with E-state index in [-0.39, 0.29) is 19.1 Å². The van der Waals surface area contributed by atoms with Crippen LogP contribution in [0.3, 0.4) is 0 Å². The Kier molecular flexibility index (Phi) is 5.30. The number of aromatic nitrogens is 1. The van der Waals surface area contributed by atoms with Gasteiger partial charge in [-0.3, -0.25) is 4.79 Å². The van der Waals surface area contributed by atoms with Crippen molar-refractivity contribution in [2.75, 3.05) is 23.8 Å². The molecule has 2 atom stereocenters. The molecule has 5 rings (SSSR count). The number of nitrogens with zero attached hydrogens (tertiary/aromatic N) is 1. The maximum absolute atomic E-state index is 12.9. The monoisotopic (exact) mass is 449 g/mol. The van der Waals surface area contributed by atoms with Gasteiger partial charge in [-0.25, -0.2) is 4.98 Å². The van der Waals surface area contributed by atoms with Gasteiger partial charge in [0.15, 0.2) is 6.10 Å². The van der Waals surface area contributed by atoms with Crippen molar-refractivity contribution in [3.8, 4) is 0 Å². The highest BCUT2D eigenvalue weighted by atomic mass is 35.5. The standard InChI is InChI=1S/C24H20ClN3O4/c25-20-18-16(11-27-23(20)26-10-14(30)12-29)22(32-21(18)13-6-2-1-3-7-13)19-15-8-4-5-9-17(15)28-24(19)31/h1-9,11,14,21,29-30H,10,12H2,(H,26,27)(H,28,31)/b22-19+. The lowest BCUT2D eigenvalue weighted by Gasteiger charge is -2.16. The summed E-state index contributed by atoms with van der Waals surface area (Å²) in [5, 5.41) is 25.0. The van der Waals surface area contributed by atoms with Gasteiger partial charge in [0.05, 0.1) is 23.3 Å². The Bertz CT molecular complexity index is 1230. The number of rotatable bonds is 5. The largest absolute Gasteiger partial charge is 0.479 e. The van der Waals surface area contributed by atoms with Crippen molar-refractivity contribution in [2.24, 2.45) is 0 Å². The number of pyridine rings is 1. The predicted molar refractivity (Wildman–Crippen MR) is 122 cm³/mol. The summed E-state index contributed by atoms with van der Waals surface area (Å²) in [5.41, 5.74) is 4.13. The Balaban J connectivity index is 1.67. The average Bonchev–Trinajstić information content (AvgIpc) is 3.36. The van der Waals surface area contributed by atoms with Crippen LogP contribution in [0, 0.1) is 0 Å². The molecule has 0 radical (unpaired) electrons. The summed E-state index contributed by atoms with van der Waals surface area (Å²) in [6.45, 7) is -0.293. The van der Waals surface area contributed by atoms with Crippen LogP contribution in [0.15, 0.2) is 60.8 Å². The zero-order chi connectivity index (χ0) is 22.2. The lowest BCUT2D eigenvalue weighted by molar-refractivity contribution is -0.110. The predicted octanol–water partition coefficient (Wildman–Crippen LogP) is 3.44. The minimum Gasteiger partial charge on any atom is -0.479 e. The van der Waals surface area contributed by atoms with Gasteiger partial charge in [0.1, 0.15) is 11.6 Å². The fraction of sp³-hybridized carbons (Fsp3) is 0.167. The van der Waals surface area contributed by atoms with Crippen LogP contribution in [0.25, 0.3) is 11.3 Å². The number of benzene rings is 2. The number of nitrogens with one attached hydrogen (secondary N) is 2. The topological polar surface area (TPSA) is 104 Å². The summed E-state index contributed by atoms with van der Waals surface area (Å²) >= 11 is 6.76. The molecular weight excluding hydrogens is 430 g/mol. The van der Waals surface area contributed by atoms with Gasteiger partial charge in [-0.05, 0) is 11.6 Å². The molecule has 2 aliphatic heterocycles. The number of hydrogen-bond acceptors (Lipinski definition) is 6. The second-order valence-corrected chi connectivity index (χ2v) is 7.96. The molecule has 32 heavy (non-hydrogen) atoms. The van der Waals surface area contributed by atoms with Crippen LogP contribution in [0.1, 0.15) is 28.4 Å². The van der Waals surface area contributed by atoms with Gasteiger partial charge in [-0.1, -0.05) is 60.1 Å². The molecule has 1 aromatic heterocycles. The molecule has 0 saturated heterocycles. The third-order valence-corrected chi connectivity index (χ3v) is 5.90. The smallest absolute Gasteiger partial charge is 0.260 e. The maximum atomic E-state index is 12.9. The summed E-state index contributed by atoms with van der Waals surface area (Å²) in [4.78, 5) is 17.3. The van der Waals surface area contributed by atoms with E-state index in [1.165, 1.54) is 0 Å². The zero-order valence-corrected chi connectivity index (χ0v) is 17.6. The van der Waals surface area contributed by atoms with E-state index < -0.39 is 12.2 Å². The molecule has 1 amide bonds. The number of carbonyl (C=O) groups excluding carboxylic acids is 1. The minimum absolute atomic E-state index is 0.0859. The Morgan fingerprint density at radius 1 is 1.12 bits per heavy atom. The Hall–Kier alpha value is -3.39. The molecule has 3 aromatic rings. The molecule has 2 aromatic carbocycles. The number of aliphatic hydroxyl groups excluding tert-OH is 2. The van der Waals surface area contributed by atoms with Crippen LogP contribution in [-0.4, -0.2) is 40.4 Å². The first-order valence-electron chi connectivity index (χ1n) is 10.2. The molecule has 0 bridgehead atoms. The average molecular weight is 450 g/mol. The molecule has 0 spiro atoms. The Morgan fingerprint density at radius 2 is 1.88 bits per heavy atom. The Morgan fingerprint density at radius 3 is 2.66 bits per heavy atom. The molecule has 0 aliphatic carbocycles.